The second-order valence-corrected chi connectivity index (χ2v) is 9.25. The van der Waals surface area contributed by atoms with Crippen LogP contribution in [0.1, 0.15) is 44.0 Å². The van der Waals surface area contributed by atoms with Gasteiger partial charge in [-0.1, -0.05) is 68.8 Å². The van der Waals surface area contributed by atoms with Gasteiger partial charge >= 0.3 is 0 Å². The molecule has 1 fully saturated rings. The zero-order valence-corrected chi connectivity index (χ0v) is 20.5. The quantitative estimate of drug-likeness (QED) is 0.396. The molecule has 180 valence electrons. The van der Waals surface area contributed by atoms with Crippen molar-refractivity contribution in [1.29, 1.82) is 0 Å². The van der Waals surface area contributed by atoms with Crippen molar-refractivity contribution in [3.05, 3.63) is 78.2 Å². The third kappa shape index (κ3) is 4.90. The lowest BCUT2D eigenvalue weighted by molar-refractivity contribution is -0.130. The number of rotatable bonds is 7. The summed E-state index contributed by atoms with van der Waals surface area (Å²) in [6.07, 6.45) is 4.43. The maximum absolute atomic E-state index is 12.9. The van der Waals surface area contributed by atoms with Gasteiger partial charge in [-0.3, -0.25) is 4.79 Å². The average molecular weight is 469 g/mol. The lowest BCUT2D eigenvalue weighted by Gasteiger charge is -2.36. The van der Waals surface area contributed by atoms with E-state index in [0.29, 0.717) is 19.5 Å². The number of para-hydroxylation sites is 1. The van der Waals surface area contributed by atoms with Crippen LogP contribution in [0, 0.1) is 0 Å². The maximum atomic E-state index is 12.9. The summed E-state index contributed by atoms with van der Waals surface area (Å²) in [5, 5.41) is 5.63. The molecule has 7 heteroatoms. The molecule has 1 saturated heterocycles. The molecular weight excluding hydrogens is 436 g/mol. The minimum absolute atomic E-state index is 0.179. The van der Waals surface area contributed by atoms with Crippen LogP contribution in [0.2, 0.25) is 0 Å². The molecule has 3 heterocycles. The van der Waals surface area contributed by atoms with E-state index in [4.69, 9.17) is 9.97 Å². The van der Waals surface area contributed by atoms with Crippen LogP contribution in [0.4, 0.5) is 5.82 Å². The van der Waals surface area contributed by atoms with E-state index in [1.165, 1.54) is 0 Å². The van der Waals surface area contributed by atoms with Gasteiger partial charge in [0.15, 0.2) is 5.65 Å². The van der Waals surface area contributed by atoms with Gasteiger partial charge in [-0.15, -0.1) is 0 Å². The standard InChI is InChI=1S/C28H32N6O/c1-3-10-21(2)26-30-27(24-20-29-34(28(24)31-26)23-13-8-5-9-14-23)33-17-15-32(16-18-33)25(35)19-22-11-6-4-7-12-22/h4-9,11-14,20-21H,3,10,15-19H2,1-2H3/t21-/m0/s1. The highest BCUT2D eigenvalue weighted by atomic mass is 16.2. The fourth-order valence-electron chi connectivity index (χ4n) is 4.74. The summed E-state index contributed by atoms with van der Waals surface area (Å²) < 4.78 is 1.91. The molecule has 5 rings (SSSR count). The van der Waals surface area contributed by atoms with E-state index in [2.05, 4.69) is 23.8 Å². The highest BCUT2D eigenvalue weighted by Gasteiger charge is 2.26. The smallest absolute Gasteiger partial charge is 0.227 e. The van der Waals surface area contributed by atoms with Crippen molar-refractivity contribution in [3.8, 4) is 5.69 Å². The summed E-state index contributed by atoms with van der Waals surface area (Å²) in [7, 11) is 0. The summed E-state index contributed by atoms with van der Waals surface area (Å²) in [5.74, 6) is 2.22. The highest BCUT2D eigenvalue weighted by Crippen LogP contribution is 2.29. The Balaban J connectivity index is 1.41. The molecule has 2 aromatic carbocycles. The fourth-order valence-corrected chi connectivity index (χ4v) is 4.74. The molecule has 0 spiro atoms. The van der Waals surface area contributed by atoms with Crippen LogP contribution < -0.4 is 4.90 Å². The Hall–Kier alpha value is -3.74. The van der Waals surface area contributed by atoms with E-state index in [0.717, 1.165) is 59.9 Å². The molecule has 0 saturated carbocycles. The van der Waals surface area contributed by atoms with E-state index in [-0.39, 0.29) is 11.8 Å². The van der Waals surface area contributed by atoms with E-state index >= 15 is 0 Å². The molecule has 1 aliphatic rings. The number of nitrogens with zero attached hydrogens (tertiary/aromatic N) is 6. The average Bonchev–Trinajstić information content (AvgIpc) is 3.33. The third-order valence-electron chi connectivity index (χ3n) is 6.72. The fraction of sp³-hybridized carbons (Fsp3) is 0.357. The number of hydrogen-bond donors (Lipinski definition) is 0. The number of fused-ring (bicyclic) bond motifs is 1. The van der Waals surface area contributed by atoms with Crippen molar-refractivity contribution in [2.24, 2.45) is 0 Å². The van der Waals surface area contributed by atoms with Crippen LogP contribution in [-0.2, 0) is 11.2 Å². The molecule has 2 aromatic heterocycles. The molecule has 4 aromatic rings. The number of anilines is 1. The zero-order chi connectivity index (χ0) is 24.2. The van der Waals surface area contributed by atoms with E-state index in [9.17, 15) is 4.79 Å². The molecule has 1 atom stereocenters. The Labute approximate surface area is 206 Å². The second-order valence-electron chi connectivity index (χ2n) is 9.25. The van der Waals surface area contributed by atoms with Crippen LogP contribution in [-0.4, -0.2) is 56.7 Å². The number of aromatic nitrogens is 4. The van der Waals surface area contributed by atoms with Crippen molar-refractivity contribution in [3.63, 3.8) is 0 Å². The Bertz CT molecular complexity index is 1280. The molecule has 0 aliphatic carbocycles. The number of amides is 1. The predicted molar refractivity (Wildman–Crippen MR) is 139 cm³/mol. The molecule has 1 aliphatic heterocycles. The highest BCUT2D eigenvalue weighted by molar-refractivity contribution is 5.88. The van der Waals surface area contributed by atoms with Gasteiger partial charge < -0.3 is 9.80 Å². The first-order valence-electron chi connectivity index (χ1n) is 12.5. The molecular formula is C28H32N6O. The summed E-state index contributed by atoms with van der Waals surface area (Å²) >= 11 is 0. The van der Waals surface area contributed by atoms with Crippen molar-refractivity contribution >= 4 is 22.8 Å². The van der Waals surface area contributed by atoms with Gasteiger partial charge in [0.25, 0.3) is 0 Å². The van der Waals surface area contributed by atoms with Gasteiger partial charge in [-0.2, -0.15) is 5.10 Å². The van der Waals surface area contributed by atoms with Gasteiger partial charge in [0.05, 0.1) is 23.7 Å². The zero-order valence-electron chi connectivity index (χ0n) is 20.5. The first-order chi connectivity index (χ1) is 17.1. The van der Waals surface area contributed by atoms with Gasteiger partial charge in [0.1, 0.15) is 11.6 Å². The van der Waals surface area contributed by atoms with Gasteiger partial charge in [0.2, 0.25) is 5.91 Å². The van der Waals surface area contributed by atoms with Crippen LogP contribution in [0.5, 0.6) is 0 Å². The van der Waals surface area contributed by atoms with Crippen LogP contribution in [0.3, 0.4) is 0 Å². The maximum Gasteiger partial charge on any atom is 0.227 e. The van der Waals surface area contributed by atoms with Crippen molar-refractivity contribution < 1.29 is 4.79 Å². The molecule has 0 radical (unpaired) electrons. The van der Waals surface area contributed by atoms with Crippen LogP contribution >= 0.6 is 0 Å². The number of piperazine rings is 1. The Morgan fingerprint density at radius 2 is 1.63 bits per heavy atom. The Morgan fingerprint density at radius 1 is 0.943 bits per heavy atom. The van der Waals surface area contributed by atoms with Crippen molar-refractivity contribution in [2.45, 2.75) is 39.0 Å². The molecule has 7 nitrogen and oxygen atoms in total. The largest absolute Gasteiger partial charge is 0.352 e. The summed E-state index contributed by atoms with van der Waals surface area (Å²) in [6.45, 7) is 7.23. The van der Waals surface area contributed by atoms with Crippen LogP contribution in [0.25, 0.3) is 16.7 Å². The minimum Gasteiger partial charge on any atom is -0.352 e. The SMILES string of the molecule is CCC[C@H](C)c1nc(N2CCN(C(=O)Cc3ccccc3)CC2)c2cnn(-c3ccccc3)c2n1. The number of carbonyl (C=O) groups excluding carboxylic acids is 1. The van der Waals surface area contributed by atoms with E-state index in [1.54, 1.807) is 0 Å². The van der Waals surface area contributed by atoms with E-state index < -0.39 is 0 Å². The molecule has 1 amide bonds. The number of hydrogen-bond acceptors (Lipinski definition) is 5. The lowest BCUT2D eigenvalue weighted by atomic mass is 10.1. The van der Waals surface area contributed by atoms with Crippen molar-refractivity contribution in [2.75, 3.05) is 31.1 Å². The summed E-state index contributed by atoms with van der Waals surface area (Å²) in [5.41, 5.74) is 2.87. The van der Waals surface area contributed by atoms with Gasteiger partial charge in [-0.05, 0) is 24.1 Å². The lowest BCUT2D eigenvalue weighted by Crippen LogP contribution is -2.49. The summed E-state index contributed by atoms with van der Waals surface area (Å²) in [4.78, 5) is 27.1. The number of benzene rings is 2. The van der Waals surface area contributed by atoms with Gasteiger partial charge in [-0.25, -0.2) is 14.6 Å². The van der Waals surface area contributed by atoms with Crippen molar-refractivity contribution in [1.82, 2.24) is 24.6 Å². The van der Waals surface area contributed by atoms with Crippen LogP contribution in [0.15, 0.2) is 66.9 Å². The predicted octanol–water partition coefficient (Wildman–Crippen LogP) is 4.61. The molecule has 0 unspecified atom stereocenters. The Kier molecular flexibility index (Phi) is 6.75. The molecule has 0 bridgehead atoms. The first kappa shape index (κ1) is 23.0. The number of carbonyl (C=O) groups is 1. The minimum atomic E-state index is 0.179. The summed E-state index contributed by atoms with van der Waals surface area (Å²) in [6, 6.07) is 20.1. The monoisotopic (exact) mass is 468 g/mol. The normalized spacial score (nSPS) is 14.9. The van der Waals surface area contributed by atoms with Gasteiger partial charge in [0, 0.05) is 32.1 Å². The second kappa shape index (κ2) is 10.3. The first-order valence-corrected chi connectivity index (χ1v) is 12.5. The van der Waals surface area contributed by atoms with E-state index in [1.807, 2.05) is 76.4 Å². The molecule has 0 N–H and O–H groups in total. The third-order valence-corrected chi connectivity index (χ3v) is 6.72. The topological polar surface area (TPSA) is 67.2 Å². The molecule has 35 heavy (non-hydrogen) atoms. The Morgan fingerprint density at radius 3 is 2.31 bits per heavy atom.